The van der Waals surface area contributed by atoms with Gasteiger partial charge in [-0.3, -0.25) is 18.6 Å². The molecule has 0 aliphatic rings. The van der Waals surface area contributed by atoms with E-state index >= 15 is 0 Å². The molecule has 0 radical (unpaired) electrons. The molecule has 0 saturated heterocycles. The molecule has 0 fully saturated rings. The number of carbonyl (C=O) groups is 2. The summed E-state index contributed by atoms with van der Waals surface area (Å²) >= 11 is 0. The summed E-state index contributed by atoms with van der Waals surface area (Å²) in [6.07, 6.45) is 77.8. The first kappa shape index (κ1) is 72.9. The first-order valence-corrected chi connectivity index (χ1v) is 32.5. The molecule has 0 heterocycles. The van der Waals surface area contributed by atoms with E-state index in [4.69, 9.17) is 18.5 Å². The number of hydrogen-bond acceptors (Lipinski definition) is 7. The molecule has 0 saturated carbocycles. The number of quaternary nitrogens is 1. The summed E-state index contributed by atoms with van der Waals surface area (Å²) in [5.41, 5.74) is 0. The molecular formula is C66H117NO8P+. The van der Waals surface area contributed by atoms with E-state index in [1.807, 2.05) is 21.1 Å². The Morgan fingerprint density at radius 1 is 0.421 bits per heavy atom. The number of rotatable bonds is 56. The highest BCUT2D eigenvalue weighted by atomic mass is 31.2. The third kappa shape index (κ3) is 60.2. The first-order chi connectivity index (χ1) is 37.0. The topological polar surface area (TPSA) is 108 Å². The van der Waals surface area contributed by atoms with Crippen molar-refractivity contribution in [1.82, 2.24) is 0 Å². The lowest BCUT2D eigenvalue weighted by atomic mass is 10.0. The second-order valence-electron chi connectivity index (χ2n) is 21.7. The smallest absolute Gasteiger partial charge is 0.462 e. The molecule has 0 bridgehead atoms. The maximum absolute atomic E-state index is 12.8. The van der Waals surface area contributed by atoms with Gasteiger partial charge in [-0.05, 0) is 77.0 Å². The lowest BCUT2D eigenvalue weighted by Gasteiger charge is -2.24. The predicted octanol–water partition coefficient (Wildman–Crippen LogP) is 19.6. The minimum atomic E-state index is -4.41. The van der Waals surface area contributed by atoms with Crippen molar-refractivity contribution in [3.63, 3.8) is 0 Å². The van der Waals surface area contributed by atoms with Gasteiger partial charge in [0.2, 0.25) is 0 Å². The van der Waals surface area contributed by atoms with Crippen LogP contribution in [0, 0.1) is 0 Å². The van der Waals surface area contributed by atoms with Crippen LogP contribution < -0.4 is 0 Å². The van der Waals surface area contributed by atoms with E-state index in [0.29, 0.717) is 17.4 Å². The predicted molar refractivity (Wildman–Crippen MR) is 325 cm³/mol. The van der Waals surface area contributed by atoms with Gasteiger partial charge >= 0.3 is 19.8 Å². The summed E-state index contributed by atoms with van der Waals surface area (Å²) < 4.78 is 34.6. The molecule has 10 heteroatoms. The van der Waals surface area contributed by atoms with E-state index in [1.165, 1.54) is 141 Å². The van der Waals surface area contributed by atoms with E-state index in [2.05, 4.69) is 111 Å². The normalized spacial score (nSPS) is 13.9. The van der Waals surface area contributed by atoms with Crippen LogP contribution >= 0.6 is 7.82 Å². The van der Waals surface area contributed by atoms with Crippen LogP contribution in [0.4, 0.5) is 0 Å². The molecule has 0 aromatic rings. The summed E-state index contributed by atoms with van der Waals surface area (Å²) in [6, 6.07) is 0. The minimum Gasteiger partial charge on any atom is -0.462 e. The first-order valence-electron chi connectivity index (χ1n) is 31.0. The highest BCUT2D eigenvalue weighted by molar-refractivity contribution is 7.47. The second-order valence-corrected chi connectivity index (χ2v) is 23.2. The van der Waals surface area contributed by atoms with E-state index in [-0.39, 0.29) is 32.0 Å². The van der Waals surface area contributed by atoms with E-state index in [0.717, 1.165) is 83.5 Å². The number of phosphoric acid groups is 1. The maximum Gasteiger partial charge on any atom is 0.472 e. The van der Waals surface area contributed by atoms with Crippen molar-refractivity contribution in [1.29, 1.82) is 0 Å². The molecule has 0 aliphatic carbocycles. The van der Waals surface area contributed by atoms with Crippen LogP contribution in [0.15, 0.2) is 97.2 Å². The Kier molecular flexibility index (Phi) is 54.4. The summed E-state index contributed by atoms with van der Waals surface area (Å²) in [6.45, 7) is 4.29. The third-order valence-electron chi connectivity index (χ3n) is 13.1. The molecule has 0 amide bonds. The minimum absolute atomic E-state index is 0.0192. The lowest BCUT2D eigenvalue weighted by Crippen LogP contribution is -2.37. The van der Waals surface area contributed by atoms with Gasteiger partial charge in [0.05, 0.1) is 27.7 Å². The zero-order valence-electron chi connectivity index (χ0n) is 49.7. The van der Waals surface area contributed by atoms with Crippen molar-refractivity contribution < 1.29 is 42.1 Å². The number of hydrogen-bond donors (Lipinski definition) is 1. The van der Waals surface area contributed by atoms with Gasteiger partial charge in [0.25, 0.3) is 0 Å². The number of allylic oxidation sites excluding steroid dienone is 16. The van der Waals surface area contributed by atoms with Crippen molar-refractivity contribution in [3.8, 4) is 0 Å². The average Bonchev–Trinajstić information content (AvgIpc) is 3.38. The van der Waals surface area contributed by atoms with Gasteiger partial charge in [0.15, 0.2) is 6.10 Å². The van der Waals surface area contributed by atoms with Gasteiger partial charge in [-0.25, -0.2) is 4.57 Å². The van der Waals surface area contributed by atoms with Crippen molar-refractivity contribution in [2.45, 2.75) is 264 Å². The average molecular weight is 1080 g/mol. The fraction of sp³-hybridized carbons (Fsp3) is 0.727. The summed E-state index contributed by atoms with van der Waals surface area (Å²) in [7, 11) is 1.44. The Balaban J connectivity index is 4.23. The van der Waals surface area contributed by atoms with E-state index in [9.17, 15) is 19.0 Å². The van der Waals surface area contributed by atoms with Crippen LogP contribution in [-0.2, 0) is 32.7 Å². The molecule has 2 unspecified atom stereocenters. The van der Waals surface area contributed by atoms with Crippen LogP contribution in [0.3, 0.4) is 0 Å². The highest BCUT2D eigenvalue weighted by Crippen LogP contribution is 2.43. The maximum atomic E-state index is 12.8. The zero-order valence-corrected chi connectivity index (χ0v) is 50.6. The Bertz CT molecular complexity index is 1600. The van der Waals surface area contributed by atoms with E-state index < -0.39 is 26.5 Å². The molecule has 0 aromatic heterocycles. The van der Waals surface area contributed by atoms with Crippen LogP contribution in [0.5, 0.6) is 0 Å². The number of nitrogens with zero attached hydrogens (tertiary/aromatic N) is 1. The Hall–Kier alpha value is -3.07. The second kappa shape index (κ2) is 56.6. The molecule has 0 aromatic carbocycles. The van der Waals surface area contributed by atoms with Crippen LogP contribution in [0.2, 0.25) is 0 Å². The molecule has 0 spiro atoms. The number of phosphoric ester groups is 1. The zero-order chi connectivity index (χ0) is 55.6. The SMILES string of the molecule is CC/C=C\C/C=C\C/C=C\C/C=C\C/C=C\C/C=C\C/C=C\C/C=C\CCCCC(=O)OC(COC(=O)CCCCCCCCCCCCCCCCCCCCCCCCCCC)COP(=O)(O)OCC[N+](C)(C)C. The van der Waals surface area contributed by atoms with Crippen molar-refractivity contribution in [2.75, 3.05) is 47.5 Å². The van der Waals surface area contributed by atoms with Gasteiger partial charge in [-0.1, -0.05) is 265 Å². The van der Waals surface area contributed by atoms with E-state index in [1.54, 1.807) is 0 Å². The number of unbranched alkanes of at least 4 members (excludes halogenated alkanes) is 26. The number of carbonyl (C=O) groups excluding carboxylic acids is 2. The Labute approximate surface area is 468 Å². The number of likely N-dealkylation sites (N-methyl/N-ethyl adjacent to an activating group) is 1. The lowest BCUT2D eigenvalue weighted by molar-refractivity contribution is -0.870. The van der Waals surface area contributed by atoms with Gasteiger partial charge < -0.3 is 18.9 Å². The fourth-order valence-corrected chi connectivity index (χ4v) is 9.13. The number of ether oxygens (including phenoxy) is 2. The molecule has 9 nitrogen and oxygen atoms in total. The monoisotopic (exact) mass is 1080 g/mol. The van der Waals surface area contributed by atoms with Gasteiger partial charge in [0, 0.05) is 12.8 Å². The molecule has 0 aliphatic heterocycles. The Morgan fingerprint density at radius 3 is 1.12 bits per heavy atom. The molecule has 2 atom stereocenters. The Morgan fingerprint density at radius 2 is 0.750 bits per heavy atom. The third-order valence-corrected chi connectivity index (χ3v) is 14.1. The summed E-state index contributed by atoms with van der Waals surface area (Å²) in [5.74, 6) is -0.846. The molecular weight excluding hydrogens is 966 g/mol. The van der Waals surface area contributed by atoms with Gasteiger partial charge in [0.1, 0.15) is 19.8 Å². The molecule has 438 valence electrons. The quantitative estimate of drug-likeness (QED) is 0.0211. The largest absolute Gasteiger partial charge is 0.472 e. The molecule has 1 N–H and O–H groups in total. The van der Waals surface area contributed by atoms with Crippen molar-refractivity contribution in [3.05, 3.63) is 97.2 Å². The van der Waals surface area contributed by atoms with Crippen LogP contribution in [0.25, 0.3) is 0 Å². The summed E-state index contributed by atoms with van der Waals surface area (Å²) in [5, 5.41) is 0. The van der Waals surface area contributed by atoms with Gasteiger partial charge in [-0.15, -0.1) is 0 Å². The summed E-state index contributed by atoms with van der Waals surface area (Å²) in [4.78, 5) is 35.7. The van der Waals surface area contributed by atoms with Gasteiger partial charge in [-0.2, -0.15) is 0 Å². The highest BCUT2D eigenvalue weighted by Gasteiger charge is 2.27. The van der Waals surface area contributed by atoms with Crippen molar-refractivity contribution in [2.24, 2.45) is 0 Å². The molecule has 76 heavy (non-hydrogen) atoms. The van der Waals surface area contributed by atoms with Crippen LogP contribution in [-0.4, -0.2) is 74.9 Å². The number of esters is 2. The standard InChI is InChI=1S/C66H116NO8P/c1-6-8-10-12-14-16-18-20-22-24-26-28-30-32-33-35-37-39-41-43-45-47-49-51-53-55-57-59-66(69)75-64(63-74-76(70,71)73-61-60-67(3,4)5)62-72-65(68)58-56-54-52-50-48-46-44-42-40-38-36-34-31-29-27-25-23-21-19-17-15-13-11-9-7-2/h8,10,14,16,20,22,26,28,32-33,37,39,43,45,49,51,64H,6-7,9,11-13,15,17-19,21,23-25,27,29-31,34-36,38,40-42,44,46-48,50,52-63H2,1-5H3/p+1/b10-8-,16-14-,22-20-,28-26-,33-32-,39-37-,45-43-,51-49-. The van der Waals surface area contributed by atoms with Crippen LogP contribution in [0.1, 0.15) is 258 Å². The van der Waals surface area contributed by atoms with Crippen molar-refractivity contribution >= 4 is 19.8 Å². The molecule has 0 rings (SSSR count). The fourth-order valence-electron chi connectivity index (χ4n) is 8.39.